The molecule has 1 atom stereocenters. The molecule has 106 valence electrons. The Kier molecular flexibility index (Phi) is 4.42. The van der Waals surface area contributed by atoms with E-state index in [0.717, 1.165) is 18.7 Å². The van der Waals surface area contributed by atoms with Crippen molar-refractivity contribution in [3.8, 4) is 0 Å². The predicted molar refractivity (Wildman–Crippen MR) is 81.9 cm³/mol. The van der Waals surface area contributed by atoms with E-state index in [1.165, 1.54) is 24.9 Å². The van der Waals surface area contributed by atoms with Crippen molar-refractivity contribution in [2.24, 2.45) is 5.41 Å². The second-order valence-electron chi connectivity index (χ2n) is 5.76. The number of aliphatic hydroxyl groups is 1. The first-order valence-corrected chi connectivity index (χ1v) is 7.61. The van der Waals surface area contributed by atoms with Gasteiger partial charge in [-0.1, -0.05) is 31.5 Å². The molecule has 1 aromatic carbocycles. The Balaban J connectivity index is 2.18. The summed E-state index contributed by atoms with van der Waals surface area (Å²) in [6, 6.07) is 6.01. The quantitative estimate of drug-likeness (QED) is 0.884. The van der Waals surface area contributed by atoms with Crippen LogP contribution in [0.15, 0.2) is 18.2 Å². The molecule has 0 saturated carbocycles. The van der Waals surface area contributed by atoms with Crippen molar-refractivity contribution >= 4 is 17.3 Å². The van der Waals surface area contributed by atoms with Crippen LogP contribution in [0.4, 0.5) is 5.69 Å². The molecular weight excluding hydrogens is 258 g/mol. The minimum absolute atomic E-state index is 0.468. The summed E-state index contributed by atoms with van der Waals surface area (Å²) in [6.45, 7) is 8.54. The van der Waals surface area contributed by atoms with Gasteiger partial charge in [-0.05, 0) is 49.3 Å². The van der Waals surface area contributed by atoms with Gasteiger partial charge in [0.05, 0.1) is 6.10 Å². The molecule has 0 aromatic heterocycles. The summed E-state index contributed by atoms with van der Waals surface area (Å²) in [6.07, 6.45) is 3.22. The summed E-state index contributed by atoms with van der Waals surface area (Å²) in [4.78, 5) is 2.42. The Labute approximate surface area is 121 Å². The first kappa shape index (κ1) is 14.7. The minimum atomic E-state index is -0.509. The molecule has 19 heavy (non-hydrogen) atoms. The van der Waals surface area contributed by atoms with Gasteiger partial charge in [-0.3, -0.25) is 0 Å². The fourth-order valence-electron chi connectivity index (χ4n) is 3.03. The third-order valence-electron chi connectivity index (χ3n) is 4.74. The number of hydrogen-bond donors (Lipinski definition) is 1. The summed E-state index contributed by atoms with van der Waals surface area (Å²) in [5.41, 5.74) is 2.45. The third-order valence-corrected chi connectivity index (χ3v) is 5.06. The fraction of sp³-hybridized carbons (Fsp3) is 0.625. The molecule has 3 heteroatoms. The number of hydrogen-bond acceptors (Lipinski definition) is 2. The molecule has 0 spiro atoms. The molecule has 1 fully saturated rings. The molecule has 0 radical (unpaired) electrons. The van der Waals surface area contributed by atoms with Crippen molar-refractivity contribution in [2.75, 3.05) is 18.0 Å². The standard InChI is InChI=1S/C16H24ClNO/c1-4-16(5-2)8-9-18(11-16)13-6-7-14(12(3)19)15(17)10-13/h6-7,10,12,19H,4-5,8-9,11H2,1-3H3. The zero-order chi connectivity index (χ0) is 14.0. The highest BCUT2D eigenvalue weighted by molar-refractivity contribution is 6.31. The maximum absolute atomic E-state index is 9.62. The maximum atomic E-state index is 9.62. The van der Waals surface area contributed by atoms with E-state index in [4.69, 9.17) is 11.6 Å². The summed E-state index contributed by atoms with van der Waals surface area (Å²) in [5.74, 6) is 0. The molecule has 0 bridgehead atoms. The van der Waals surface area contributed by atoms with E-state index in [2.05, 4.69) is 24.8 Å². The lowest BCUT2D eigenvalue weighted by Crippen LogP contribution is -2.26. The average molecular weight is 282 g/mol. The zero-order valence-corrected chi connectivity index (χ0v) is 12.9. The summed E-state index contributed by atoms with van der Waals surface area (Å²) < 4.78 is 0. The fourth-order valence-corrected chi connectivity index (χ4v) is 3.37. The average Bonchev–Trinajstić information content (AvgIpc) is 2.83. The van der Waals surface area contributed by atoms with Crippen molar-refractivity contribution in [3.63, 3.8) is 0 Å². The number of halogens is 1. The van der Waals surface area contributed by atoms with Gasteiger partial charge in [0.25, 0.3) is 0 Å². The predicted octanol–water partition coefficient (Wildman–Crippen LogP) is 4.41. The number of anilines is 1. The van der Waals surface area contributed by atoms with E-state index >= 15 is 0 Å². The first-order valence-electron chi connectivity index (χ1n) is 7.24. The number of benzene rings is 1. The summed E-state index contributed by atoms with van der Waals surface area (Å²) in [7, 11) is 0. The third kappa shape index (κ3) is 2.90. The second kappa shape index (κ2) is 5.72. The molecule has 1 N–H and O–H groups in total. The van der Waals surface area contributed by atoms with Crippen LogP contribution in [-0.4, -0.2) is 18.2 Å². The monoisotopic (exact) mass is 281 g/mol. The summed E-state index contributed by atoms with van der Waals surface area (Å²) in [5, 5.41) is 10.3. The van der Waals surface area contributed by atoms with Crippen LogP contribution in [0.2, 0.25) is 5.02 Å². The lowest BCUT2D eigenvalue weighted by atomic mass is 9.82. The van der Waals surface area contributed by atoms with Crippen LogP contribution >= 0.6 is 11.6 Å². The van der Waals surface area contributed by atoms with Gasteiger partial charge in [-0.25, -0.2) is 0 Å². The van der Waals surface area contributed by atoms with E-state index in [0.29, 0.717) is 10.4 Å². The normalized spacial score (nSPS) is 19.7. The first-order chi connectivity index (χ1) is 9.01. The van der Waals surface area contributed by atoms with Crippen LogP contribution in [-0.2, 0) is 0 Å². The van der Waals surface area contributed by atoms with Crippen LogP contribution in [0.1, 0.15) is 51.7 Å². The van der Waals surface area contributed by atoms with Gasteiger partial charge >= 0.3 is 0 Å². The largest absolute Gasteiger partial charge is 0.389 e. The maximum Gasteiger partial charge on any atom is 0.0776 e. The van der Waals surface area contributed by atoms with E-state index in [1.54, 1.807) is 6.92 Å². The molecule has 2 rings (SSSR count). The molecule has 1 saturated heterocycles. The van der Waals surface area contributed by atoms with E-state index < -0.39 is 6.10 Å². The van der Waals surface area contributed by atoms with E-state index in [-0.39, 0.29) is 0 Å². The Bertz CT molecular complexity index is 440. The second-order valence-corrected chi connectivity index (χ2v) is 6.17. The van der Waals surface area contributed by atoms with Gasteiger partial charge in [0, 0.05) is 23.8 Å². The van der Waals surface area contributed by atoms with Crippen molar-refractivity contribution in [1.29, 1.82) is 0 Å². The van der Waals surface area contributed by atoms with Gasteiger partial charge in [-0.2, -0.15) is 0 Å². The summed E-state index contributed by atoms with van der Waals surface area (Å²) >= 11 is 6.25. The number of aliphatic hydroxyl groups excluding tert-OH is 1. The molecule has 0 amide bonds. The van der Waals surface area contributed by atoms with Gasteiger partial charge in [0.2, 0.25) is 0 Å². The van der Waals surface area contributed by atoms with Gasteiger partial charge in [-0.15, -0.1) is 0 Å². The van der Waals surface area contributed by atoms with Crippen molar-refractivity contribution < 1.29 is 5.11 Å². The van der Waals surface area contributed by atoms with Crippen LogP contribution in [0.3, 0.4) is 0 Å². The van der Waals surface area contributed by atoms with Crippen molar-refractivity contribution in [1.82, 2.24) is 0 Å². The van der Waals surface area contributed by atoms with E-state index in [9.17, 15) is 5.11 Å². The van der Waals surface area contributed by atoms with Crippen LogP contribution in [0.5, 0.6) is 0 Å². The smallest absolute Gasteiger partial charge is 0.0776 e. The van der Waals surface area contributed by atoms with Gasteiger partial charge < -0.3 is 10.0 Å². The lowest BCUT2D eigenvalue weighted by molar-refractivity contribution is 0.199. The highest BCUT2D eigenvalue weighted by Crippen LogP contribution is 2.40. The molecule has 1 heterocycles. The SMILES string of the molecule is CCC1(CC)CCN(c2ccc(C(C)O)c(Cl)c2)C1. The van der Waals surface area contributed by atoms with Crippen LogP contribution in [0.25, 0.3) is 0 Å². The highest BCUT2D eigenvalue weighted by atomic mass is 35.5. The highest BCUT2D eigenvalue weighted by Gasteiger charge is 2.35. The van der Waals surface area contributed by atoms with Gasteiger partial charge in [0.15, 0.2) is 0 Å². The lowest BCUT2D eigenvalue weighted by Gasteiger charge is -2.27. The Morgan fingerprint density at radius 3 is 2.53 bits per heavy atom. The molecule has 1 unspecified atom stereocenters. The molecular formula is C16H24ClNO. The van der Waals surface area contributed by atoms with E-state index in [1.807, 2.05) is 12.1 Å². The zero-order valence-electron chi connectivity index (χ0n) is 12.1. The molecule has 0 aliphatic carbocycles. The molecule has 2 nitrogen and oxygen atoms in total. The molecule has 1 aromatic rings. The van der Waals surface area contributed by atoms with Crippen LogP contribution < -0.4 is 4.90 Å². The molecule has 1 aliphatic heterocycles. The van der Waals surface area contributed by atoms with Crippen molar-refractivity contribution in [2.45, 2.75) is 46.1 Å². The number of rotatable bonds is 4. The Morgan fingerprint density at radius 1 is 1.37 bits per heavy atom. The van der Waals surface area contributed by atoms with Gasteiger partial charge in [0.1, 0.15) is 0 Å². The van der Waals surface area contributed by atoms with Crippen LogP contribution in [0, 0.1) is 5.41 Å². The Morgan fingerprint density at radius 2 is 2.05 bits per heavy atom. The molecule has 1 aliphatic rings. The minimum Gasteiger partial charge on any atom is -0.389 e. The Hall–Kier alpha value is -0.730. The topological polar surface area (TPSA) is 23.5 Å². The number of nitrogens with zero attached hydrogens (tertiary/aromatic N) is 1. The van der Waals surface area contributed by atoms with Crippen molar-refractivity contribution in [3.05, 3.63) is 28.8 Å².